The molecule has 0 fully saturated rings. The molecule has 0 heterocycles. The summed E-state index contributed by atoms with van der Waals surface area (Å²) in [6.45, 7) is 0.242. The number of carbonyl (C=O) groups excluding carboxylic acids is 2. The Morgan fingerprint density at radius 2 is 2.00 bits per heavy atom. The van der Waals surface area contributed by atoms with Crippen LogP contribution in [-0.2, 0) is 0 Å². The fraction of sp³-hybridized carbons (Fsp3) is 0.231. The molecule has 0 aliphatic heterocycles. The van der Waals surface area contributed by atoms with Crippen molar-refractivity contribution in [2.75, 3.05) is 19.7 Å². The van der Waals surface area contributed by atoms with Gasteiger partial charge in [-0.2, -0.15) is 0 Å². The first kappa shape index (κ1) is 15.8. The molecule has 20 heavy (non-hydrogen) atoms. The topological polar surface area (TPSA) is 104 Å². The molecule has 5 N–H and O–H groups in total. The monoisotopic (exact) mass is 295 g/mol. The lowest BCUT2D eigenvalue weighted by Crippen LogP contribution is -2.37. The number of amides is 3. The van der Waals surface area contributed by atoms with Crippen molar-refractivity contribution in [3.63, 3.8) is 0 Å². The summed E-state index contributed by atoms with van der Waals surface area (Å²) < 4.78 is 0. The van der Waals surface area contributed by atoms with Crippen molar-refractivity contribution in [1.29, 1.82) is 0 Å². The number of nitrogens with one attached hydrogen (secondary N) is 2. The predicted molar refractivity (Wildman–Crippen MR) is 75.3 cm³/mol. The van der Waals surface area contributed by atoms with Crippen molar-refractivity contribution in [2.24, 2.45) is 5.73 Å². The number of carbonyl (C=O) groups is 2. The van der Waals surface area contributed by atoms with Gasteiger partial charge in [0.05, 0.1) is 5.02 Å². The number of benzene rings is 1. The Labute approximate surface area is 121 Å². The van der Waals surface area contributed by atoms with Gasteiger partial charge in [0.25, 0.3) is 5.91 Å². The zero-order valence-electron chi connectivity index (χ0n) is 10.6. The van der Waals surface area contributed by atoms with Crippen LogP contribution in [0.1, 0.15) is 15.9 Å². The van der Waals surface area contributed by atoms with Gasteiger partial charge >= 0.3 is 6.03 Å². The Balaban J connectivity index is 2.61. The summed E-state index contributed by atoms with van der Waals surface area (Å²) in [6.07, 6.45) is 0. The smallest absolute Gasteiger partial charge is 0.312 e. The van der Waals surface area contributed by atoms with Crippen LogP contribution >= 0.6 is 11.6 Å². The van der Waals surface area contributed by atoms with E-state index in [1.807, 2.05) is 0 Å². The van der Waals surface area contributed by atoms with E-state index in [9.17, 15) is 9.59 Å². The van der Waals surface area contributed by atoms with E-state index in [1.165, 1.54) is 6.07 Å². The van der Waals surface area contributed by atoms with Crippen LogP contribution in [0.25, 0.3) is 0 Å². The van der Waals surface area contributed by atoms with Gasteiger partial charge in [-0.1, -0.05) is 23.4 Å². The van der Waals surface area contributed by atoms with Crippen molar-refractivity contribution < 1.29 is 14.7 Å². The van der Waals surface area contributed by atoms with E-state index in [0.717, 1.165) is 0 Å². The third-order valence-electron chi connectivity index (χ3n) is 2.24. The second kappa shape index (κ2) is 8.04. The van der Waals surface area contributed by atoms with E-state index in [2.05, 4.69) is 22.5 Å². The molecular weight excluding hydrogens is 282 g/mol. The number of hydrogen-bond acceptors (Lipinski definition) is 3. The lowest BCUT2D eigenvalue weighted by atomic mass is 10.1. The minimum Gasteiger partial charge on any atom is -0.384 e. The van der Waals surface area contributed by atoms with E-state index < -0.39 is 6.03 Å². The molecule has 0 radical (unpaired) electrons. The van der Waals surface area contributed by atoms with Crippen molar-refractivity contribution in [1.82, 2.24) is 10.6 Å². The summed E-state index contributed by atoms with van der Waals surface area (Å²) in [5, 5.41) is 13.9. The number of aliphatic hydroxyl groups excluding tert-OH is 1. The lowest BCUT2D eigenvalue weighted by Gasteiger charge is -2.06. The predicted octanol–water partition coefficient (Wildman–Crippen LogP) is 0.0819. The number of halogens is 1. The fourth-order valence-electron chi connectivity index (χ4n) is 1.36. The van der Waals surface area contributed by atoms with Gasteiger partial charge in [-0.3, -0.25) is 4.79 Å². The van der Waals surface area contributed by atoms with Crippen molar-refractivity contribution in [2.45, 2.75) is 0 Å². The molecule has 0 unspecified atom stereocenters. The second-order valence-corrected chi connectivity index (χ2v) is 4.11. The van der Waals surface area contributed by atoms with Gasteiger partial charge in [-0.05, 0) is 18.2 Å². The van der Waals surface area contributed by atoms with Gasteiger partial charge in [0.15, 0.2) is 0 Å². The maximum Gasteiger partial charge on any atom is 0.312 e. The van der Waals surface area contributed by atoms with Gasteiger partial charge in [0, 0.05) is 24.2 Å². The average Bonchev–Trinajstić information content (AvgIpc) is 2.41. The van der Waals surface area contributed by atoms with Crippen molar-refractivity contribution in [3.8, 4) is 11.8 Å². The molecule has 106 valence electrons. The average molecular weight is 296 g/mol. The highest BCUT2D eigenvalue weighted by atomic mass is 35.5. The molecule has 7 heteroatoms. The lowest BCUT2D eigenvalue weighted by molar-refractivity contribution is 0.0954. The van der Waals surface area contributed by atoms with Crippen molar-refractivity contribution >= 4 is 23.5 Å². The zero-order valence-corrected chi connectivity index (χ0v) is 11.3. The summed E-state index contributed by atoms with van der Waals surface area (Å²) in [5.41, 5.74) is 5.80. The van der Waals surface area contributed by atoms with Crippen LogP contribution in [0.4, 0.5) is 4.79 Å². The molecular formula is C13H14ClN3O3. The standard InChI is InChI=1S/C13H14ClN3O3/c14-11-8-10(4-3-9(11)2-1-7-18)12(19)16-5-6-17-13(15)20/h3-4,8,18H,5-7H2,(H,16,19)(H3,15,17,20). The molecule has 0 saturated heterocycles. The zero-order chi connectivity index (χ0) is 15.0. The molecule has 1 aromatic carbocycles. The van der Waals surface area contributed by atoms with Crippen LogP contribution in [0.5, 0.6) is 0 Å². The third kappa shape index (κ3) is 5.18. The van der Waals surface area contributed by atoms with E-state index >= 15 is 0 Å². The Hall–Kier alpha value is -2.23. The number of hydrogen-bond donors (Lipinski definition) is 4. The second-order valence-electron chi connectivity index (χ2n) is 3.70. The van der Waals surface area contributed by atoms with Gasteiger partial charge in [-0.15, -0.1) is 0 Å². The third-order valence-corrected chi connectivity index (χ3v) is 2.56. The largest absolute Gasteiger partial charge is 0.384 e. The van der Waals surface area contributed by atoms with E-state index in [0.29, 0.717) is 16.1 Å². The summed E-state index contributed by atoms with van der Waals surface area (Å²) in [7, 11) is 0. The van der Waals surface area contributed by atoms with Crippen LogP contribution in [0.2, 0.25) is 5.02 Å². The summed E-state index contributed by atoms with van der Waals surface area (Å²) >= 11 is 5.97. The van der Waals surface area contributed by atoms with Crippen LogP contribution < -0.4 is 16.4 Å². The summed E-state index contributed by atoms with van der Waals surface area (Å²) in [5.74, 6) is 4.82. The highest BCUT2D eigenvalue weighted by Crippen LogP contribution is 2.16. The van der Waals surface area contributed by atoms with Crippen LogP contribution in [0, 0.1) is 11.8 Å². The first-order valence-corrected chi connectivity index (χ1v) is 6.13. The molecule has 0 atom stereocenters. The highest BCUT2D eigenvalue weighted by Gasteiger charge is 2.07. The normalized spacial score (nSPS) is 9.30. The maximum absolute atomic E-state index is 11.8. The molecule has 0 bridgehead atoms. The van der Waals surface area contributed by atoms with Gasteiger partial charge < -0.3 is 21.5 Å². The first-order valence-electron chi connectivity index (χ1n) is 5.75. The SMILES string of the molecule is NC(=O)NCCNC(=O)c1ccc(C#CCO)c(Cl)c1. The van der Waals surface area contributed by atoms with Gasteiger partial charge in [0.1, 0.15) is 6.61 Å². The van der Waals surface area contributed by atoms with Crippen molar-refractivity contribution in [3.05, 3.63) is 34.3 Å². The molecule has 6 nitrogen and oxygen atoms in total. The Morgan fingerprint density at radius 3 is 2.60 bits per heavy atom. The number of urea groups is 1. The van der Waals surface area contributed by atoms with Crippen LogP contribution in [0.15, 0.2) is 18.2 Å². The van der Waals surface area contributed by atoms with Gasteiger partial charge in [0.2, 0.25) is 0 Å². The number of primary amides is 1. The molecule has 1 aromatic rings. The molecule has 0 aromatic heterocycles. The molecule has 0 aliphatic carbocycles. The molecule has 3 amide bonds. The molecule has 1 rings (SSSR count). The van der Waals surface area contributed by atoms with Crippen LogP contribution in [-0.4, -0.2) is 36.7 Å². The van der Waals surface area contributed by atoms with E-state index in [-0.39, 0.29) is 25.6 Å². The number of nitrogens with two attached hydrogens (primary N) is 1. The Kier molecular flexibility index (Phi) is 6.37. The molecule has 0 aliphatic rings. The first-order chi connectivity index (χ1) is 9.54. The summed E-state index contributed by atoms with van der Waals surface area (Å²) in [4.78, 5) is 22.2. The minimum absolute atomic E-state index is 0.245. The number of rotatable bonds is 4. The van der Waals surface area contributed by atoms with Crippen LogP contribution in [0.3, 0.4) is 0 Å². The molecule has 0 spiro atoms. The Morgan fingerprint density at radius 1 is 1.30 bits per heavy atom. The summed E-state index contributed by atoms with van der Waals surface area (Å²) in [6, 6.07) is 4.01. The quantitative estimate of drug-likeness (QED) is 0.467. The number of aliphatic hydroxyl groups is 1. The Bertz CT molecular complexity index is 564. The maximum atomic E-state index is 11.8. The minimum atomic E-state index is -0.644. The van der Waals surface area contributed by atoms with Gasteiger partial charge in [-0.25, -0.2) is 4.79 Å². The van der Waals surface area contributed by atoms with E-state index in [4.69, 9.17) is 22.4 Å². The fourth-order valence-corrected chi connectivity index (χ4v) is 1.58. The van der Waals surface area contributed by atoms with E-state index in [1.54, 1.807) is 12.1 Å². The highest BCUT2D eigenvalue weighted by molar-refractivity contribution is 6.32. The molecule has 0 saturated carbocycles.